The molecule has 0 radical (unpaired) electrons. The lowest BCUT2D eigenvalue weighted by Gasteiger charge is -2.37. The number of sulfonamides is 1. The standard InChI is InChI=1S/C26H34N4O5S/c1-16(2)23(31)28-12-9-21(17(3)14-28)30-24(32)20-13-19(36(34,35)27-26(4)10-11-26)7-8-22(20)29(25(30)33)15-18-5-6-18/h7-8,13,17-18,21,27H,1,5-6,9-12,14-15H2,2-4H3. The second kappa shape index (κ2) is 8.69. The van der Waals surface area contributed by atoms with E-state index in [0.29, 0.717) is 43.1 Å². The summed E-state index contributed by atoms with van der Waals surface area (Å²) in [6, 6.07) is 4.09. The molecule has 1 N–H and O–H groups in total. The van der Waals surface area contributed by atoms with Crippen LogP contribution in [-0.4, -0.2) is 47.0 Å². The van der Waals surface area contributed by atoms with Gasteiger partial charge in [0.25, 0.3) is 5.56 Å². The van der Waals surface area contributed by atoms with Crippen molar-refractivity contribution in [1.82, 2.24) is 18.8 Å². The highest BCUT2D eigenvalue weighted by atomic mass is 32.2. The number of rotatable bonds is 7. The number of nitrogens with zero attached hydrogens (tertiary/aromatic N) is 3. The molecule has 10 heteroatoms. The Labute approximate surface area is 210 Å². The maximum atomic E-state index is 13.8. The van der Waals surface area contributed by atoms with Crippen LogP contribution in [0.3, 0.4) is 0 Å². The normalized spacial score (nSPS) is 23.6. The molecule has 3 fully saturated rings. The highest BCUT2D eigenvalue weighted by Gasteiger charge is 2.41. The molecule has 5 rings (SSSR count). The molecule has 3 aliphatic rings. The minimum absolute atomic E-state index is 0.0262. The highest BCUT2D eigenvalue weighted by molar-refractivity contribution is 7.89. The van der Waals surface area contributed by atoms with Crippen LogP contribution in [0.15, 0.2) is 44.8 Å². The molecule has 0 bridgehead atoms. The smallest absolute Gasteiger partial charge is 0.331 e. The summed E-state index contributed by atoms with van der Waals surface area (Å²) in [4.78, 5) is 41.7. The molecule has 2 aromatic rings. The second-order valence-corrected chi connectivity index (χ2v) is 12.9. The van der Waals surface area contributed by atoms with Crippen molar-refractivity contribution >= 4 is 26.8 Å². The first-order valence-corrected chi connectivity index (χ1v) is 14.2. The van der Waals surface area contributed by atoms with E-state index in [-0.39, 0.29) is 27.8 Å². The van der Waals surface area contributed by atoms with Gasteiger partial charge in [0.15, 0.2) is 0 Å². The van der Waals surface area contributed by atoms with E-state index in [0.717, 1.165) is 25.7 Å². The number of carbonyl (C=O) groups is 1. The highest BCUT2D eigenvalue weighted by Crippen LogP contribution is 2.36. The fourth-order valence-electron chi connectivity index (χ4n) is 5.21. The van der Waals surface area contributed by atoms with Crippen LogP contribution in [0.1, 0.15) is 58.9 Å². The molecule has 9 nitrogen and oxygen atoms in total. The van der Waals surface area contributed by atoms with Crippen molar-refractivity contribution in [3.63, 3.8) is 0 Å². The summed E-state index contributed by atoms with van der Waals surface area (Å²) in [5.41, 5.74) is -0.364. The van der Waals surface area contributed by atoms with E-state index in [1.54, 1.807) is 22.5 Å². The van der Waals surface area contributed by atoms with Gasteiger partial charge in [0, 0.05) is 36.8 Å². The van der Waals surface area contributed by atoms with Crippen LogP contribution < -0.4 is 16.0 Å². The number of aromatic nitrogens is 2. The Morgan fingerprint density at radius 3 is 2.47 bits per heavy atom. The van der Waals surface area contributed by atoms with E-state index < -0.39 is 27.2 Å². The van der Waals surface area contributed by atoms with Crippen LogP contribution >= 0.6 is 0 Å². The third kappa shape index (κ3) is 4.56. The summed E-state index contributed by atoms with van der Waals surface area (Å²) in [7, 11) is -3.81. The van der Waals surface area contributed by atoms with Crippen LogP contribution in [0, 0.1) is 11.8 Å². The number of hydrogen-bond acceptors (Lipinski definition) is 5. The van der Waals surface area contributed by atoms with Crippen LogP contribution in [-0.2, 0) is 21.4 Å². The van der Waals surface area contributed by atoms with E-state index in [2.05, 4.69) is 11.3 Å². The minimum Gasteiger partial charge on any atom is -0.339 e. The van der Waals surface area contributed by atoms with Gasteiger partial charge in [0.05, 0.1) is 15.8 Å². The van der Waals surface area contributed by atoms with Gasteiger partial charge >= 0.3 is 5.69 Å². The monoisotopic (exact) mass is 514 g/mol. The van der Waals surface area contributed by atoms with Crippen molar-refractivity contribution in [2.45, 2.75) is 75.9 Å². The number of hydrogen-bond donors (Lipinski definition) is 1. The van der Waals surface area contributed by atoms with Gasteiger partial charge in [0.1, 0.15) is 0 Å². The topological polar surface area (TPSA) is 110 Å². The zero-order valence-electron chi connectivity index (χ0n) is 21.1. The molecule has 1 saturated heterocycles. The molecule has 2 aliphatic carbocycles. The molecule has 36 heavy (non-hydrogen) atoms. The first-order valence-electron chi connectivity index (χ1n) is 12.7. The summed E-state index contributed by atoms with van der Waals surface area (Å²) in [6.45, 7) is 10.5. The maximum Gasteiger partial charge on any atom is 0.331 e. The van der Waals surface area contributed by atoms with Crippen LogP contribution in [0.25, 0.3) is 10.9 Å². The molecule has 1 aromatic carbocycles. The molecule has 194 valence electrons. The number of likely N-dealkylation sites (tertiary alicyclic amines) is 1. The van der Waals surface area contributed by atoms with Gasteiger partial charge in [0.2, 0.25) is 15.9 Å². The number of benzene rings is 1. The molecular formula is C26H34N4O5S. The first kappa shape index (κ1) is 25.0. The molecule has 2 unspecified atom stereocenters. The number of fused-ring (bicyclic) bond motifs is 1. The van der Waals surface area contributed by atoms with Crippen LogP contribution in [0.2, 0.25) is 0 Å². The number of carbonyl (C=O) groups excluding carboxylic acids is 1. The zero-order valence-corrected chi connectivity index (χ0v) is 21.9. The van der Waals surface area contributed by atoms with Crippen molar-refractivity contribution in [3.05, 3.63) is 51.2 Å². The summed E-state index contributed by atoms with van der Waals surface area (Å²) < 4.78 is 31.8. The van der Waals surface area contributed by atoms with Crippen molar-refractivity contribution in [1.29, 1.82) is 0 Å². The zero-order chi connectivity index (χ0) is 26.0. The molecule has 2 atom stereocenters. The van der Waals surface area contributed by atoms with E-state index >= 15 is 0 Å². The van der Waals surface area contributed by atoms with Crippen molar-refractivity contribution in [3.8, 4) is 0 Å². The Balaban J connectivity index is 1.60. The van der Waals surface area contributed by atoms with E-state index in [1.807, 2.05) is 13.8 Å². The predicted octanol–water partition coefficient (Wildman–Crippen LogP) is 2.39. The Kier molecular flexibility index (Phi) is 6.02. The average Bonchev–Trinajstić information content (AvgIpc) is 3.75. The Morgan fingerprint density at radius 1 is 1.19 bits per heavy atom. The fourth-order valence-corrected chi connectivity index (χ4v) is 6.70. The molecule has 0 spiro atoms. The van der Waals surface area contributed by atoms with Gasteiger partial charge in [-0.2, -0.15) is 0 Å². The van der Waals surface area contributed by atoms with Gasteiger partial charge < -0.3 is 4.90 Å². The molecule has 1 aromatic heterocycles. The molecule has 2 saturated carbocycles. The molecule has 1 aliphatic heterocycles. The Hall–Kier alpha value is -2.72. The third-order valence-electron chi connectivity index (χ3n) is 7.82. The van der Waals surface area contributed by atoms with Gasteiger partial charge in [-0.25, -0.2) is 17.9 Å². The van der Waals surface area contributed by atoms with Crippen molar-refractivity contribution < 1.29 is 13.2 Å². The Bertz CT molecular complexity index is 1480. The minimum atomic E-state index is -3.81. The SMILES string of the molecule is C=C(C)C(=O)N1CCC(n2c(=O)c3cc(S(=O)(=O)NC4(C)CC4)ccc3n(CC3CC3)c2=O)C(C)C1. The first-order chi connectivity index (χ1) is 16.9. The number of piperidine rings is 1. The Morgan fingerprint density at radius 2 is 1.89 bits per heavy atom. The van der Waals surface area contributed by atoms with E-state index in [9.17, 15) is 22.8 Å². The summed E-state index contributed by atoms with van der Waals surface area (Å²) in [5.74, 6) is 0.121. The fraction of sp³-hybridized carbons (Fsp3) is 0.577. The molecule has 1 amide bonds. The summed E-state index contributed by atoms with van der Waals surface area (Å²) in [6.07, 6.45) is 4.07. The van der Waals surface area contributed by atoms with Crippen LogP contribution in [0.4, 0.5) is 0 Å². The quantitative estimate of drug-likeness (QED) is 0.571. The van der Waals surface area contributed by atoms with Gasteiger partial charge in [-0.1, -0.05) is 13.5 Å². The second-order valence-electron chi connectivity index (χ2n) is 11.2. The average molecular weight is 515 g/mol. The lowest BCUT2D eigenvalue weighted by molar-refractivity contribution is -0.129. The maximum absolute atomic E-state index is 13.8. The third-order valence-corrected chi connectivity index (χ3v) is 9.45. The van der Waals surface area contributed by atoms with Gasteiger partial charge in [-0.3, -0.25) is 18.7 Å². The number of amides is 1. The predicted molar refractivity (Wildman–Crippen MR) is 137 cm³/mol. The van der Waals surface area contributed by atoms with Crippen molar-refractivity contribution in [2.24, 2.45) is 11.8 Å². The van der Waals surface area contributed by atoms with Crippen LogP contribution in [0.5, 0.6) is 0 Å². The summed E-state index contributed by atoms with van der Waals surface area (Å²) >= 11 is 0. The van der Waals surface area contributed by atoms with Crippen molar-refractivity contribution in [2.75, 3.05) is 13.1 Å². The molecule has 2 heterocycles. The lowest BCUT2D eigenvalue weighted by atomic mass is 9.93. The van der Waals surface area contributed by atoms with Gasteiger partial charge in [-0.15, -0.1) is 0 Å². The number of nitrogens with one attached hydrogen (secondary N) is 1. The van der Waals surface area contributed by atoms with Gasteiger partial charge in [-0.05, 0) is 76.0 Å². The van der Waals surface area contributed by atoms with E-state index in [4.69, 9.17) is 0 Å². The summed E-state index contributed by atoms with van der Waals surface area (Å²) in [5, 5.41) is 0.228. The molecular weight excluding hydrogens is 480 g/mol. The largest absolute Gasteiger partial charge is 0.339 e. The lowest BCUT2D eigenvalue weighted by Crippen LogP contribution is -2.50. The van der Waals surface area contributed by atoms with E-state index in [1.165, 1.54) is 16.7 Å².